The monoisotopic (exact) mass is 210 g/mol. The van der Waals surface area contributed by atoms with Gasteiger partial charge >= 0.3 is 0 Å². The third-order valence-corrected chi connectivity index (χ3v) is 4.27. The molecule has 2 unspecified atom stereocenters. The molecule has 2 fully saturated rings. The van der Waals surface area contributed by atoms with E-state index in [1.165, 1.54) is 32.4 Å². The van der Waals surface area contributed by atoms with Crippen LogP contribution in [0.2, 0.25) is 0 Å². The van der Waals surface area contributed by atoms with Crippen LogP contribution < -0.4 is 5.32 Å². The Morgan fingerprint density at radius 2 is 2.00 bits per heavy atom. The van der Waals surface area contributed by atoms with Gasteiger partial charge in [-0.15, -0.1) is 0 Å². The van der Waals surface area contributed by atoms with Crippen molar-refractivity contribution < 1.29 is 0 Å². The summed E-state index contributed by atoms with van der Waals surface area (Å²) in [7, 11) is 0. The average Bonchev–Trinajstić information content (AvgIpc) is 2.17. The molecule has 0 spiro atoms. The molecule has 0 aromatic heterocycles. The molecule has 0 radical (unpaired) electrons. The number of hydrogen-bond acceptors (Lipinski definition) is 2. The highest BCUT2D eigenvalue weighted by Gasteiger charge is 2.34. The van der Waals surface area contributed by atoms with Crippen LogP contribution in [-0.2, 0) is 0 Å². The Balaban J connectivity index is 1.78. The minimum atomic E-state index is 0.767. The number of nitrogens with zero attached hydrogens (tertiary/aromatic N) is 1. The largest absolute Gasteiger partial charge is 0.314 e. The Morgan fingerprint density at radius 1 is 1.27 bits per heavy atom. The molecule has 0 amide bonds. The SMILES string of the molecule is CCNC1CCN(C2CC(C)C2)CC1C. The minimum Gasteiger partial charge on any atom is -0.314 e. The summed E-state index contributed by atoms with van der Waals surface area (Å²) in [4.78, 5) is 2.73. The van der Waals surface area contributed by atoms with E-state index in [0.29, 0.717) is 0 Å². The first kappa shape index (κ1) is 11.4. The van der Waals surface area contributed by atoms with E-state index in [2.05, 4.69) is 31.0 Å². The summed E-state index contributed by atoms with van der Waals surface area (Å²) in [5.41, 5.74) is 0. The Labute approximate surface area is 94.4 Å². The maximum absolute atomic E-state index is 3.61. The van der Waals surface area contributed by atoms with Crippen molar-refractivity contribution in [2.75, 3.05) is 19.6 Å². The molecular weight excluding hydrogens is 184 g/mol. The van der Waals surface area contributed by atoms with Gasteiger partial charge in [0, 0.05) is 18.6 Å². The van der Waals surface area contributed by atoms with Gasteiger partial charge in [0.1, 0.15) is 0 Å². The third kappa shape index (κ3) is 2.54. The van der Waals surface area contributed by atoms with E-state index >= 15 is 0 Å². The zero-order valence-corrected chi connectivity index (χ0v) is 10.5. The Kier molecular flexibility index (Phi) is 3.68. The van der Waals surface area contributed by atoms with Gasteiger partial charge in [-0.1, -0.05) is 20.8 Å². The molecule has 2 atom stereocenters. The van der Waals surface area contributed by atoms with Crippen molar-refractivity contribution in [2.45, 2.75) is 52.1 Å². The van der Waals surface area contributed by atoms with Crippen molar-refractivity contribution in [3.63, 3.8) is 0 Å². The molecule has 2 rings (SSSR count). The quantitative estimate of drug-likeness (QED) is 0.767. The first-order chi connectivity index (χ1) is 7.20. The average molecular weight is 210 g/mol. The van der Waals surface area contributed by atoms with Crippen molar-refractivity contribution >= 4 is 0 Å². The summed E-state index contributed by atoms with van der Waals surface area (Å²) in [6.45, 7) is 10.8. The molecule has 0 bridgehead atoms. The Bertz CT molecular complexity index is 199. The van der Waals surface area contributed by atoms with Crippen LogP contribution in [0.25, 0.3) is 0 Å². The van der Waals surface area contributed by atoms with Gasteiger partial charge in [-0.25, -0.2) is 0 Å². The lowest BCUT2D eigenvalue weighted by atomic mass is 9.79. The van der Waals surface area contributed by atoms with Gasteiger partial charge < -0.3 is 5.32 Å². The predicted molar refractivity (Wildman–Crippen MR) is 65.0 cm³/mol. The highest BCUT2D eigenvalue weighted by Crippen LogP contribution is 2.33. The second-order valence-electron chi connectivity index (χ2n) is 5.66. The molecular formula is C13H26N2. The second kappa shape index (κ2) is 4.84. The second-order valence-corrected chi connectivity index (χ2v) is 5.66. The van der Waals surface area contributed by atoms with Crippen LogP contribution in [0.4, 0.5) is 0 Å². The first-order valence-electron chi connectivity index (χ1n) is 6.68. The van der Waals surface area contributed by atoms with Gasteiger partial charge in [-0.2, -0.15) is 0 Å². The lowest BCUT2D eigenvalue weighted by molar-refractivity contribution is 0.0393. The van der Waals surface area contributed by atoms with Gasteiger partial charge in [0.15, 0.2) is 0 Å². The lowest BCUT2D eigenvalue weighted by Gasteiger charge is -2.47. The van der Waals surface area contributed by atoms with Gasteiger partial charge in [0.05, 0.1) is 0 Å². The molecule has 0 aromatic carbocycles. The molecule has 2 heteroatoms. The predicted octanol–water partition coefficient (Wildman–Crippen LogP) is 2.10. The van der Waals surface area contributed by atoms with Crippen molar-refractivity contribution in [3.05, 3.63) is 0 Å². The molecule has 1 N–H and O–H groups in total. The van der Waals surface area contributed by atoms with E-state index in [4.69, 9.17) is 0 Å². The Morgan fingerprint density at radius 3 is 2.53 bits per heavy atom. The van der Waals surface area contributed by atoms with Gasteiger partial charge in [0.25, 0.3) is 0 Å². The first-order valence-corrected chi connectivity index (χ1v) is 6.68. The topological polar surface area (TPSA) is 15.3 Å². The minimum absolute atomic E-state index is 0.767. The van der Waals surface area contributed by atoms with Crippen molar-refractivity contribution in [1.29, 1.82) is 0 Å². The summed E-state index contributed by atoms with van der Waals surface area (Å²) in [6, 6.07) is 1.69. The van der Waals surface area contributed by atoms with Crippen molar-refractivity contribution in [1.82, 2.24) is 10.2 Å². The standard InChI is InChI=1S/C13H26N2/c1-4-14-13-5-6-15(9-11(13)3)12-7-10(2)8-12/h10-14H,4-9H2,1-3H3. The molecule has 1 aliphatic heterocycles. The maximum atomic E-state index is 3.61. The van der Waals surface area contributed by atoms with Gasteiger partial charge in [-0.05, 0) is 44.2 Å². The zero-order valence-electron chi connectivity index (χ0n) is 10.5. The maximum Gasteiger partial charge on any atom is 0.0117 e. The summed E-state index contributed by atoms with van der Waals surface area (Å²) >= 11 is 0. The van der Waals surface area contributed by atoms with Crippen LogP contribution in [-0.4, -0.2) is 36.6 Å². The van der Waals surface area contributed by atoms with E-state index in [9.17, 15) is 0 Å². The number of hydrogen-bond donors (Lipinski definition) is 1. The highest BCUT2D eigenvalue weighted by molar-refractivity contribution is 4.90. The summed E-state index contributed by atoms with van der Waals surface area (Å²) in [6.07, 6.45) is 4.23. The van der Waals surface area contributed by atoms with Crippen LogP contribution in [0.5, 0.6) is 0 Å². The molecule has 0 aromatic rings. The van der Waals surface area contributed by atoms with Crippen LogP contribution in [0.15, 0.2) is 0 Å². The van der Waals surface area contributed by atoms with Gasteiger partial charge in [-0.3, -0.25) is 4.90 Å². The van der Waals surface area contributed by atoms with E-state index in [0.717, 1.165) is 30.5 Å². The Hall–Kier alpha value is -0.0800. The molecule has 1 saturated heterocycles. The van der Waals surface area contributed by atoms with Crippen LogP contribution in [0.3, 0.4) is 0 Å². The number of rotatable bonds is 3. The highest BCUT2D eigenvalue weighted by atomic mass is 15.2. The normalized spacial score (nSPS) is 42.6. The summed E-state index contributed by atoms with van der Waals surface area (Å²) in [5, 5.41) is 3.61. The smallest absolute Gasteiger partial charge is 0.0117 e. The molecule has 1 aliphatic carbocycles. The van der Waals surface area contributed by atoms with E-state index in [1.807, 2.05) is 0 Å². The molecule has 2 nitrogen and oxygen atoms in total. The van der Waals surface area contributed by atoms with Crippen LogP contribution in [0, 0.1) is 11.8 Å². The third-order valence-electron chi connectivity index (χ3n) is 4.27. The fourth-order valence-corrected chi connectivity index (χ4v) is 3.23. The van der Waals surface area contributed by atoms with Gasteiger partial charge in [0.2, 0.25) is 0 Å². The fourth-order valence-electron chi connectivity index (χ4n) is 3.23. The summed E-state index contributed by atoms with van der Waals surface area (Å²) in [5.74, 6) is 1.81. The van der Waals surface area contributed by atoms with Crippen molar-refractivity contribution in [3.8, 4) is 0 Å². The molecule has 1 saturated carbocycles. The van der Waals surface area contributed by atoms with E-state index < -0.39 is 0 Å². The molecule has 1 heterocycles. The van der Waals surface area contributed by atoms with E-state index in [1.54, 1.807) is 0 Å². The molecule has 15 heavy (non-hydrogen) atoms. The fraction of sp³-hybridized carbons (Fsp3) is 1.00. The molecule has 2 aliphatic rings. The lowest BCUT2D eigenvalue weighted by Crippen LogP contribution is -2.54. The number of likely N-dealkylation sites (tertiary alicyclic amines) is 1. The van der Waals surface area contributed by atoms with Crippen LogP contribution >= 0.6 is 0 Å². The molecule has 88 valence electrons. The van der Waals surface area contributed by atoms with Crippen LogP contribution in [0.1, 0.15) is 40.0 Å². The van der Waals surface area contributed by atoms with E-state index in [-0.39, 0.29) is 0 Å². The summed E-state index contributed by atoms with van der Waals surface area (Å²) < 4.78 is 0. The van der Waals surface area contributed by atoms with Crippen molar-refractivity contribution in [2.24, 2.45) is 11.8 Å². The zero-order chi connectivity index (χ0) is 10.8. The number of piperidine rings is 1. The number of nitrogens with one attached hydrogen (secondary N) is 1.